The van der Waals surface area contributed by atoms with Crippen LogP contribution in [0.5, 0.6) is 0 Å². The number of halogens is 3. The van der Waals surface area contributed by atoms with Gasteiger partial charge in [0.15, 0.2) is 0 Å². The Morgan fingerprint density at radius 1 is 1.03 bits per heavy atom. The van der Waals surface area contributed by atoms with E-state index in [1.165, 1.54) is 12.1 Å². The predicted octanol–water partition coefficient (Wildman–Crippen LogP) is 5.18. The van der Waals surface area contributed by atoms with Gasteiger partial charge in [-0.25, -0.2) is 4.79 Å². The minimum atomic E-state index is -4.36. The van der Waals surface area contributed by atoms with Crippen LogP contribution in [0.1, 0.15) is 42.0 Å². The Kier molecular flexibility index (Phi) is 5.16. The summed E-state index contributed by atoms with van der Waals surface area (Å²) in [7, 11) is 0. The molecule has 0 spiro atoms. The first-order valence-electron chi connectivity index (χ1n) is 10.9. The van der Waals surface area contributed by atoms with Crippen molar-refractivity contribution in [3.05, 3.63) is 59.2 Å². The molecule has 2 aromatic rings. The van der Waals surface area contributed by atoms with Crippen LogP contribution >= 0.6 is 0 Å². The summed E-state index contributed by atoms with van der Waals surface area (Å²) in [6, 6.07) is 10.9. The highest BCUT2D eigenvalue weighted by Gasteiger charge is 2.37. The van der Waals surface area contributed by atoms with Gasteiger partial charge in [0.2, 0.25) is 0 Å². The van der Waals surface area contributed by atoms with Crippen molar-refractivity contribution in [3.63, 3.8) is 0 Å². The Hall–Kier alpha value is -2.54. The van der Waals surface area contributed by atoms with Gasteiger partial charge in [-0.2, -0.15) is 13.2 Å². The molecule has 0 saturated carbocycles. The van der Waals surface area contributed by atoms with E-state index in [0.717, 1.165) is 68.1 Å². The maximum Gasteiger partial charge on any atom is 0.416 e. The van der Waals surface area contributed by atoms with Gasteiger partial charge in [0.25, 0.3) is 0 Å². The number of carbonyl (C=O) groups is 1. The molecule has 1 amide bonds. The average molecular weight is 430 g/mol. The van der Waals surface area contributed by atoms with Crippen molar-refractivity contribution >= 4 is 6.09 Å². The number of amides is 1. The Morgan fingerprint density at radius 3 is 2.52 bits per heavy atom. The largest absolute Gasteiger partial charge is 0.445 e. The summed E-state index contributed by atoms with van der Waals surface area (Å²) >= 11 is 0. The quantitative estimate of drug-likeness (QED) is 0.730. The van der Waals surface area contributed by atoms with E-state index >= 15 is 0 Å². The highest BCUT2D eigenvalue weighted by atomic mass is 19.4. The van der Waals surface area contributed by atoms with Gasteiger partial charge in [0, 0.05) is 6.54 Å². The number of nitrogens with zero attached hydrogens (tertiary/aromatic N) is 1. The van der Waals surface area contributed by atoms with Gasteiger partial charge in [0.1, 0.15) is 6.10 Å². The van der Waals surface area contributed by atoms with Crippen LogP contribution in [-0.2, 0) is 17.3 Å². The van der Waals surface area contributed by atoms with Crippen molar-refractivity contribution in [1.29, 1.82) is 0 Å². The van der Waals surface area contributed by atoms with Gasteiger partial charge in [-0.1, -0.05) is 30.3 Å². The number of carbonyl (C=O) groups excluding carboxylic acids is 1. The Labute approximate surface area is 179 Å². The number of aryl methyl sites for hydroxylation is 1. The lowest BCUT2D eigenvalue weighted by molar-refractivity contribution is -0.137. The minimum Gasteiger partial charge on any atom is -0.445 e. The molecule has 31 heavy (non-hydrogen) atoms. The molecule has 1 unspecified atom stereocenters. The van der Waals surface area contributed by atoms with Crippen LogP contribution in [0.15, 0.2) is 42.5 Å². The van der Waals surface area contributed by atoms with E-state index in [0.29, 0.717) is 11.5 Å². The van der Waals surface area contributed by atoms with E-state index in [1.807, 2.05) is 18.2 Å². The molecule has 0 aromatic heterocycles. The second-order valence-corrected chi connectivity index (χ2v) is 8.81. The lowest BCUT2D eigenvalue weighted by Gasteiger charge is -2.43. The molecule has 7 heteroatoms. The second kappa shape index (κ2) is 7.86. The summed E-state index contributed by atoms with van der Waals surface area (Å²) in [5.74, 6) is 0.460. The van der Waals surface area contributed by atoms with E-state index in [4.69, 9.17) is 4.74 Å². The monoisotopic (exact) mass is 430 g/mol. The van der Waals surface area contributed by atoms with Crippen molar-refractivity contribution in [2.75, 3.05) is 19.6 Å². The first kappa shape index (κ1) is 20.4. The fraction of sp³-hybridized carbons (Fsp3) is 0.458. The molecule has 164 valence electrons. The molecule has 4 aliphatic rings. The SMILES string of the molecule is O=C(NC1CCc2cc(-c3cccc(C(F)(F)F)c3)ccc21)O[C@H]1CN2CCC1CC2. The zero-order valence-electron chi connectivity index (χ0n) is 17.1. The first-order valence-corrected chi connectivity index (χ1v) is 10.9. The van der Waals surface area contributed by atoms with Gasteiger partial charge in [-0.3, -0.25) is 4.90 Å². The number of hydrogen-bond acceptors (Lipinski definition) is 3. The Balaban J connectivity index is 1.27. The normalized spacial score (nSPS) is 27.1. The minimum absolute atomic E-state index is 0.0355. The maximum absolute atomic E-state index is 13.0. The van der Waals surface area contributed by atoms with Gasteiger partial charge < -0.3 is 10.1 Å². The third kappa shape index (κ3) is 4.15. The number of hydrogen-bond donors (Lipinski definition) is 1. The molecule has 6 rings (SSSR count). The molecular formula is C24H25F3N2O2. The number of alkyl carbamates (subject to hydrolysis) is 1. The summed E-state index contributed by atoms with van der Waals surface area (Å²) in [6.07, 6.45) is -1.07. The standard InChI is InChI=1S/C24H25F3N2O2/c25-24(26,27)19-3-1-2-16(13-19)17-4-6-20-18(12-17)5-7-21(20)28-23(30)31-22-14-29-10-8-15(22)9-11-29/h1-4,6,12-13,15,21-22H,5,7-11,14H2,(H,28,30)/t21?,22-/m0/s1. The fourth-order valence-corrected chi connectivity index (χ4v) is 5.18. The highest BCUT2D eigenvalue weighted by Crippen LogP contribution is 2.37. The number of ether oxygens (including phenoxy) is 1. The molecule has 2 bridgehead atoms. The predicted molar refractivity (Wildman–Crippen MR) is 111 cm³/mol. The molecule has 4 nitrogen and oxygen atoms in total. The maximum atomic E-state index is 13.0. The number of fused-ring (bicyclic) bond motifs is 4. The molecule has 1 aliphatic carbocycles. The summed E-state index contributed by atoms with van der Waals surface area (Å²) in [6.45, 7) is 3.01. The van der Waals surface area contributed by atoms with Crippen molar-refractivity contribution in [2.45, 2.75) is 44.0 Å². The van der Waals surface area contributed by atoms with Crippen LogP contribution in [0.3, 0.4) is 0 Å². The third-order valence-electron chi connectivity index (χ3n) is 6.89. The topological polar surface area (TPSA) is 41.6 Å². The molecule has 3 saturated heterocycles. The lowest BCUT2D eigenvalue weighted by atomic mass is 9.86. The van der Waals surface area contributed by atoms with Crippen LogP contribution in [-0.4, -0.2) is 36.7 Å². The molecule has 1 N–H and O–H groups in total. The molecule has 2 aromatic carbocycles. The molecule has 2 atom stereocenters. The number of nitrogens with one attached hydrogen (secondary N) is 1. The van der Waals surface area contributed by atoms with Crippen molar-refractivity contribution in [3.8, 4) is 11.1 Å². The van der Waals surface area contributed by atoms with Crippen LogP contribution in [0, 0.1) is 5.92 Å². The number of piperidine rings is 3. The van der Waals surface area contributed by atoms with E-state index in [2.05, 4.69) is 10.2 Å². The number of alkyl halides is 3. The summed E-state index contributed by atoms with van der Waals surface area (Å²) < 4.78 is 44.9. The molecule has 3 fully saturated rings. The Bertz CT molecular complexity index is 983. The van der Waals surface area contributed by atoms with Gasteiger partial charge in [0.05, 0.1) is 11.6 Å². The smallest absolute Gasteiger partial charge is 0.416 e. The third-order valence-corrected chi connectivity index (χ3v) is 6.89. The molecule has 3 aliphatic heterocycles. The summed E-state index contributed by atoms with van der Waals surface area (Å²) in [5, 5.41) is 3.00. The number of benzene rings is 2. The lowest BCUT2D eigenvalue weighted by Crippen LogP contribution is -2.52. The zero-order valence-corrected chi connectivity index (χ0v) is 17.1. The molecular weight excluding hydrogens is 405 g/mol. The zero-order chi connectivity index (χ0) is 21.6. The van der Waals surface area contributed by atoms with E-state index in [1.54, 1.807) is 6.07 Å². The fourth-order valence-electron chi connectivity index (χ4n) is 5.18. The summed E-state index contributed by atoms with van der Waals surface area (Å²) in [4.78, 5) is 14.9. The Morgan fingerprint density at radius 2 is 1.81 bits per heavy atom. The van der Waals surface area contributed by atoms with Gasteiger partial charge >= 0.3 is 12.3 Å². The molecule has 3 heterocycles. The van der Waals surface area contributed by atoms with E-state index in [-0.39, 0.29) is 18.2 Å². The first-order chi connectivity index (χ1) is 14.9. The second-order valence-electron chi connectivity index (χ2n) is 8.81. The van der Waals surface area contributed by atoms with Crippen LogP contribution < -0.4 is 5.32 Å². The van der Waals surface area contributed by atoms with E-state index in [9.17, 15) is 18.0 Å². The van der Waals surface area contributed by atoms with Crippen LogP contribution in [0.4, 0.5) is 18.0 Å². The highest BCUT2D eigenvalue weighted by molar-refractivity contribution is 5.70. The number of rotatable bonds is 3. The van der Waals surface area contributed by atoms with Gasteiger partial charge in [-0.15, -0.1) is 0 Å². The van der Waals surface area contributed by atoms with Gasteiger partial charge in [-0.05, 0) is 79.1 Å². The molecule has 0 radical (unpaired) electrons. The van der Waals surface area contributed by atoms with Crippen molar-refractivity contribution in [1.82, 2.24) is 10.2 Å². The average Bonchev–Trinajstić information content (AvgIpc) is 3.16. The van der Waals surface area contributed by atoms with Crippen molar-refractivity contribution < 1.29 is 22.7 Å². The van der Waals surface area contributed by atoms with Crippen LogP contribution in [0.25, 0.3) is 11.1 Å². The summed E-state index contributed by atoms with van der Waals surface area (Å²) in [5.41, 5.74) is 2.71. The van der Waals surface area contributed by atoms with Crippen molar-refractivity contribution in [2.24, 2.45) is 5.92 Å². The van der Waals surface area contributed by atoms with E-state index < -0.39 is 11.7 Å². The van der Waals surface area contributed by atoms with Crippen LogP contribution in [0.2, 0.25) is 0 Å².